The minimum atomic E-state index is -0.112. The number of rotatable bonds is 8. The Hall–Kier alpha value is -1.53. The Kier molecular flexibility index (Phi) is 7.85. The van der Waals surface area contributed by atoms with Crippen molar-refractivity contribution in [3.63, 3.8) is 0 Å². The van der Waals surface area contributed by atoms with E-state index >= 15 is 0 Å². The fourth-order valence-corrected chi connectivity index (χ4v) is 2.30. The molecule has 2 amide bonds. The molecule has 5 nitrogen and oxygen atoms in total. The number of benzene rings is 1. The fourth-order valence-electron chi connectivity index (χ4n) is 1.84. The molecule has 0 fully saturated rings. The molecule has 0 spiro atoms. The summed E-state index contributed by atoms with van der Waals surface area (Å²) in [5, 5.41) is 5.59. The molecule has 0 radical (unpaired) electrons. The number of anilines is 1. The smallest absolute Gasteiger partial charge is 0.238 e. The summed E-state index contributed by atoms with van der Waals surface area (Å²) in [5.41, 5.74) is 0.779. The molecular weight excluding hydrogens is 286 g/mol. The quantitative estimate of drug-likeness (QED) is 0.719. The number of amides is 2. The third kappa shape index (κ3) is 6.64. The normalized spacial score (nSPS) is 10.5. The molecule has 0 saturated heterocycles. The van der Waals surface area contributed by atoms with Gasteiger partial charge in [-0.15, -0.1) is 11.8 Å². The first-order chi connectivity index (χ1) is 10.1. The molecule has 0 aliphatic carbocycles. The highest BCUT2D eigenvalue weighted by atomic mass is 32.2. The summed E-state index contributed by atoms with van der Waals surface area (Å²) in [5.74, 6) is -0.170. The van der Waals surface area contributed by atoms with Crippen LogP contribution in [0.3, 0.4) is 0 Å². The van der Waals surface area contributed by atoms with Gasteiger partial charge >= 0.3 is 0 Å². The van der Waals surface area contributed by atoms with Crippen LogP contribution in [0.15, 0.2) is 29.2 Å². The summed E-state index contributed by atoms with van der Waals surface area (Å²) in [6, 6.07) is 7.70. The van der Waals surface area contributed by atoms with Crippen molar-refractivity contribution in [3.05, 3.63) is 24.3 Å². The molecule has 0 aliphatic rings. The summed E-state index contributed by atoms with van der Waals surface area (Å²) < 4.78 is 0. The molecule has 2 N–H and O–H groups in total. The molecule has 0 atom stereocenters. The summed E-state index contributed by atoms with van der Waals surface area (Å²) >= 11 is 1.63. The van der Waals surface area contributed by atoms with Crippen LogP contribution < -0.4 is 10.6 Å². The first kappa shape index (κ1) is 17.5. The average Bonchev–Trinajstić information content (AvgIpc) is 2.46. The second kappa shape index (κ2) is 9.41. The Morgan fingerprint density at radius 3 is 2.52 bits per heavy atom. The SMILES string of the molecule is CCNC(=O)CN(CC)CC(=O)Nc1cccc(SC)c1. The maximum atomic E-state index is 12.0. The molecule has 0 heterocycles. The Morgan fingerprint density at radius 1 is 1.19 bits per heavy atom. The van der Waals surface area contributed by atoms with Crippen molar-refractivity contribution in [3.8, 4) is 0 Å². The van der Waals surface area contributed by atoms with E-state index in [0.717, 1.165) is 10.6 Å². The van der Waals surface area contributed by atoms with Crippen LogP contribution >= 0.6 is 11.8 Å². The number of hydrogen-bond donors (Lipinski definition) is 2. The zero-order valence-electron chi connectivity index (χ0n) is 12.8. The van der Waals surface area contributed by atoms with Crippen LogP contribution in [0.5, 0.6) is 0 Å². The number of nitrogens with one attached hydrogen (secondary N) is 2. The summed E-state index contributed by atoms with van der Waals surface area (Å²) in [6.07, 6.45) is 1.99. The average molecular weight is 309 g/mol. The van der Waals surface area contributed by atoms with Gasteiger partial charge in [-0.3, -0.25) is 14.5 Å². The van der Waals surface area contributed by atoms with Crippen LogP contribution in [-0.2, 0) is 9.59 Å². The van der Waals surface area contributed by atoms with Crippen molar-refractivity contribution in [2.24, 2.45) is 0 Å². The molecule has 0 aliphatic heterocycles. The van der Waals surface area contributed by atoms with Crippen molar-refractivity contribution in [2.45, 2.75) is 18.7 Å². The summed E-state index contributed by atoms with van der Waals surface area (Å²) in [6.45, 7) is 5.50. The molecule has 6 heteroatoms. The highest BCUT2D eigenvalue weighted by Gasteiger charge is 2.12. The van der Waals surface area contributed by atoms with E-state index in [2.05, 4.69) is 10.6 Å². The van der Waals surface area contributed by atoms with Crippen LogP contribution in [0.4, 0.5) is 5.69 Å². The van der Waals surface area contributed by atoms with E-state index in [9.17, 15) is 9.59 Å². The standard InChI is InChI=1S/C15H23N3O2S/c1-4-16-14(19)10-18(5-2)11-15(20)17-12-7-6-8-13(9-12)21-3/h6-9H,4-5,10-11H2,1-3H3,(H,16,19)(H,17,20). The maximum Gasteiger partial charge on any atom is 0.238 e. The van der Waals surface area contributed by atoms with Crippen LogP contribution in [0, 0.1) is 0 Å². The van der Waals surface area contributed by atoms with Crippen molar-refractivity contribution in [1.29, 1.82) is 0 Å². The van der Waals surface area contributed by atoms with Gasteiger partial charge in [0.15, 0.2) is 0 Å². The monoisotopic (exact) mass is 309 g/mol. The molecule has 0 aromatic heterocycles. The lowest BCUT2D eigenvalue weighted by molar-refractivity contribution is -0.123. The number of carbonyl (C=O) groups excluding carboxylic acids is 2. The van der Waals surface area contributed by atoms with E-state index in [1.165, 1.54) is 0 Å². The highest BCUT2D eigenvalue weighted by Crippen LogP contribution is 2.18. The van der Waals surface area contributed by atoms with Gasteiger partial charge in [0.1, 0.15) is 0 Å². The Morgan fingerprint density at radius 2 is 1.90 bits per heavy atom. The highest BCUT2D eigenvalue weighted by molar-refractivity contribution is 7.98. The maximum absolute atomic E-state index is 12.0. The first-order valence-electron chi connectivity index (χ1n) is 7.02. The number of carbonyl (C=O) groups is 2. The molecule has 1 aromatic rings. The van der Waals surface area contributed by atoms with E-state index < -0.39 is 0 Å². The molecule has 0 saturated carbocycles. The lowest BCUT2D eigenvalue weighted by Crippen LogP contribution is -2.41. The number of thioether (sulfide) groups is 1. The predicted octanol–water partition coefficient (Wildman–Crippen LogP) is 1.80. The van der Waals surface area contributed by atoms with Crippen molar-refractivity contribution in [1.82, 2.24) is 10.2 Å². The van der Waals surface area contributed by atoms with Crippen molar-refractivity contribution in [2.75, 3.05) is 37.8 Å². The largest absolute Gasteiger partial charge is 0.355 e. The zero-order valence-corrected chi connectivity index (χ0v) is 13.6. The molecule has 21 heavy (non-hydrogen) atoms. The number of hydrogen-bond acceptors (Lipinski definition) is 4. The fraction of sp³-hybridized carbons (Fsp3) is 0.467. The van der Waals surface area contributed by atoms with Gasteiger partial charge < -0.3 is 10.6 Å². The van der Waals surface area contributed by atoms with Gasteiger partial charge in [0, 0.05) is 17.1 Å². The molecular formula is C15H23N3O2S. The van der Waals surface area contributed by atoms with Gasteiger partial charge in [-0.05, 0) is 37.9 Å². The Labute approximate surface area is 130 Å². The van der Waals surface area contributed by atoms with Crippen molar-refractivity contribution >= 4 is 29.3 Å². The molecule has 0 unspecified atom stereocenters. The molecule has 116 valence electrons. The van der Waals surface area contributed by atoms with Gasteiger partial charge in [0.2, 0.25) is 11.8 Å². The van der Waals surface area contributed by atoms with E-state index in [0.29, 0.717) is 13.1 Å². The minimum absolute atomic E-state index is 0.0588. The van der Waals surface area contributed by atoms with Crippen LogP contribution in [0.1, 0.15) is 13.8 Å². The van der Waals surface area contributed by atoms with E-state index in [4.69, 9.17) is 0 Å². The van der Waals surface area contributed by atoms with Gasteiger partial charge in [0.25, 0.3) is 0 Å². The van der Waals surface area contributed by atoms with E-state index in [1.807, 2.05) is 44.4 Å². The predicted molar refractivity (Wildman–Crippen MR) is 87.7 cm³/mol. The van der Waals surface area contributed by atoms with Crippen molar-refractivity contribution < 1.29 is 9.59 Å². The molecule has 0 bridgehead atoms. The third-order valence-electron chi connectivity index (χ3n) is 2.91. The Bertz CT molecular complexity index is 480. The second-order valence-corrected chi connectivity index (χ2v) is 5.42. The molecule has 1 rings (SSSR count). The lowest BCUT2D eigenvalue weighted by Gasteiger charge is -2.19. The summed E-state index contributed by atoms with van der Waals surface area (Å²) in [4.78, 5) is 26.5. The van der Waals surface area contributed by atoms with E-state index in [1.54, 1.807) is 16.7 Å². The Balaban J connectivity index is 2.52. The van der Waals surface area contributed by atoms with Gasteiger partial charge in [-0.25, -0.2) is 0 Å². The zero-order chi connectivity index (χ0) is 15.7. The lowest BCUT2D eigenvalue weighted by atomic mass is 10.3. The summed E-state index contributed by atoms with van der Waals surface area (Å²) in [7, 11) is 0. The molecule has 1 aromatic carbocycles. The van der Waals surface area contributed by atoms with Gasteiger partial charge in [-0.2, -0.15) is 0 Å². The van der Waals surface area contributed by atoms with Gasteiger partial charge in [0.05, 0.1) is 13.1 Å². The second-order valence-electron chi connectivity index (χ2n) is 4.54. The number of likely N-dealkylation sites (N-methyl/N-ethyl adjacent to an activating group) is 2. The third-order valence-corrected chi connectivity index (χ3v) is 3.63. The minimum Gasteiger partial charge on any atom is -0.355 e. The first-order valence-corrected chi connectivity index (χ1v) is 8.24. The van der Waals surface area contributed by atoms with Crippen LogP contribution in [0.2, 0.25) is 0 Å². The van der Waals surface area contributed by atoms with Crippen LogP contribution in [0.25, 0.3) is 0 Å². The number of nitrogens with zero attached hydrogens (tertiary/aromatic N) is 1. The topological polar surface area (TPSA) is 61.4 Å². The van der Waals surface area contributed by atoms with E-state index in [-0.39, 0.29) is 24.9 Å². The van der Waals surface area contributed by atoms with Gasteiger partial charge in [-0.1, -0.05) is 13.0 Å². The van der Waals surface area contributed by atoms with Crippen LogP contribution in [-0.4, -0.2) is 49.1 Å².